The van der Waals surface area contributed by atoms with Crippen LogP contribution in [0.25, 0.3) is 0 Å². The Kier molecular flexibility index (Phi) is 5.09. The lowest BCUT2D eigenvalue weighted by Gasteiger charge is -2.23. The van der Waals surface area contributed by atoms with Gasteiger partial charge in [0.05, 0.1) is 5.02 Å². The standard InChI is InChI=1S/C14H15Cl2NO3S2/c1-14(2,12-4-3-5-21-12)8-17-22(19,20)11-7-9(15)6-10(16)13(11)18/h3-7,17-18H,8H2,1-2H3. The second kappa shape index (κ2) is 6.37. The van der Waals surface area contributed by atoms with Crippen LogP contribution in [0, 0.1) is 0 Å². The summed E-state index contributed by atoms with van der Waals surface area (Å²) in [5.41, 5.74) is -0.376. The second-order valence-electron chi connectivity index (χ2n) is 5.42. The smallest absolute Gasteiger partial charge is 0.244 e. The van der Waals surface area contributed by atoms with Gasteiger partial charge < -0.3 is 5.11 Å². The van der Waals surface area contributed by atoms with Gasteiger partial charge in [-0.15, -0.1) is 11.3 Å². The van der Waals surface area contributed by atoms with Gasteiger partial charge in [0.2, 0.25) is 10.0 Å². The molecule has 22 heavy (non-hydrogen) atoms. The van der Waals surface area contributed by atoms with E-state index >= 15 is 0 Å². The van der Waals surface area contributed by atoms with Crippen molar-refractivity contribution in [2.75, 3.05) is 6.54 Å². The largest absolute Gasteiger partial charge is 0.505 e. The number of aromatic hydroxyl groups is 1. The molecule has 0 fully saturated rings. The Bertz CT molecular complexity index is 772. The number of phenolic OH excluding ortho intramolecular Hbond substituents is 1. The molecule has 0 aliphatic rings. The molecule has 0 unspecified atom stereocenters. The molecule has 120 valence electrons. The van der Waals surface area contributed by atoms with Crippen molar-refractivity contribution in [3.63, 3.8) is 0 Å². The SMILES string of the molecule is CC(C)(CNS(=O)(=O)c1cc(Cl)cc(Cl)c1O)c1cccs1. The van der Waals surface area contributed by atoms with Crippen LogP contribution in [0.1, 0.15) is 18.7 Å². The van der Waals surface area contributed by atoms with E-state index in [1.54, 1.807) is 11.3 Å². The highest BCUT2D eigenvalue weighted by Crippen LogP contribution is 2.34. The molecule has 0 radical (unpaired) electrons. The lowest BCUT2D eigenvalue weighted by Crippen LogP contribution is -2.36. The molecule has 8 heteroatoms. The van der Waals surface area contributed by atoms with Gasteiger partial charge in [-0.05, 0) is 23.6 Å². The van der Waals surface area contributed by atoms with E-state index in [4.69, 9.17) is 23.2 Å². The van der Waals surface area contributed by atoms with E-state index in [9.17, 15) is 13.5 Å². The number of thiophene rings is 1. The van der Waals surface area contributed by atoms with Gasteiger partial charge in [0.1, 0.15) is 4.90 Å². The number of sulfonamides is 1. The monoisotopic (exact) mass is 379 g/mol. The van der Waals surface area contributed by atoms with E-state index in [1.807, 2.05) is 31.4 Å². The Hall–Kier alpha value is -0.790. The quantitative estimate of drug-likeness (QED) is 0.824. The fourth-order valence-corrected chi connectivity index (χ4v) is 4.67. The minimum absolute atomic E-state index is 0.106. The van der Waals surface area contributed by atoms with Gasteiger partial charge in [-0.1, -0.05) is 43.1 Å². The Balaban J connectivity index is 2.26. The summed E-state index contributed by atoms with van der Waals surface area (Å²) in [5, 5.41) is 11.8. The van der Waals surface area contributed by atoms with Crippen molar-refractivity contribution in [2.24, 2.45) is 0 Å². The number of rotatable bonds is 5. The number of phenols is 1. The zero-order valence-corrected chi connectivity index (χ0v) is 15.1. The molecule has 0 bridgehead atoms. The number of hydrogen-bond acceptors (Lipinski definition) is 4. The fraction of sp³-hybridized carbons (Fsp3) is 0.286. The van der Waals surface area contributed by atoms with Crippen molar-refractivity contribution in [3.05, 3.63) is 44.6 Å². The zero-order chi connectivity index (χ0) is 16.5. The highest BCUT2D eigenvalue weighted by Gasteiger charge is 2.27. The Morgan fingerprint density at radius 2 is 2.00 bits per heavy atom. The van der Waals surface area contributed by atoms with Crippen molar-refractivity contribution in [2.45, 2.75) is 24.2 Å². The van der Waals surface area contributed by atoms with Crippen LogP contribution in [-0.4, -0.2) is 20.1 Å². The molecule has 0 atom stereocenters. The van der Waals surface area contributed by atoms with Crippen molar-refractivity contribution >= 4 is 44.6 Å². The summed E-state index contributed by atoms with van der Waals surface area (Å²) in [5.74, 6) is -0.507. The lowest BCUT2D eigenvalue weighted by atomic mass is 9.92. The highest BCUT2D eigenvalue weighted by molar-refractivity contribution is 7.89. The number of nitrogens with one attached hydrogen (secondary N) is 1. The van der Waals surface area contributed by atoms with Gasteiger partial charge in [0.25, 0.3) is 0 Å². The first-order chi connectivity index (χ1) is 10.1. The van der Waals surface area contributed by atoms with Gasteiger partial charge >= 0.3 is 0 Å². The molecule has 2 N–H and O–H groups in total. The molecule has 4 nitrogen and oxygen atoms in total. The van der Waals surface area contributed by atoms with Crippen LogP contribution in [0.15, 0.2) is 34.5 Å². The molecule has 0 saturated carbocycles. The van der Waals surface area contributed by atoms with E-state index in [-0.39, 0.29) is 26.9 Å². The van der Waals surface area contributed by atoms with Crippen LogP contribution in [-0.2, 0) is 15.4 Å². The minimum Gasteiger partial charge on any atom is -0.505 e. The first-order valence-corrected chi connectivity index (χ1v) is 9.47. The third-order valence-electron chi connectivity index (χ3n) is 3.18. The third-order valence-corrected chi connectivity index (χ3v) is 6.33. The van der Waals surface area contributed by atoms with Gasteiger partial charge in [-0.3, -0.25) is 0 Å². The molecule has 1 aromatic carbocycles. The van der Waals surface area contributed by atoms with Gasteiger partial charge in [-0.2, -0.15) is 0 Å². The molecule has 0 aliphatic heterocycles. The van der Waals surface area contributed by atoms with Crippen molar-refractivity contribution in [1.82, 2.24) is 4.72 Å². The van der Waals surface area contributed by atoms with Crippen molar-refractivity contribution < 1.29 is 13.5 Å². The Labute approximate surface area is 143 Å². The molecule has 1 aromatic heterocycles. The maximum atomic E-state index is 12.4. The molecule has 2 rings (SSSR count). The van der Waals surface area contributed by atoms with Gasteiger partial charge in [0, 0.05) is 21.9 Å². The number of halogens is 2. The highest BCUT2D eigenvalue weighted by atomic mass is 35.5. The fourth-order valence-electron chi connectivity index (χ4n) is 1.85. The van der Waals surface area contributed by atoms with Crippen LogP contribution in [0.2, 0.25) is 10.0 Å². The lowest BCUT2D eigenvalue weighted by molar-refractivity contribution is 0.456. The maximum Gasteiger partial charge on any atom is 0.244 e. The van der Waals surface area contributed by atoms with Crippen molar-refractivity contribution in [1.29, 1.82) is 0 Å². The number of hydrogen-bond donors (Lipinski definition) is 2. The van der Waals surface area contributed by atoms with Crippen LogP contribution in [0.4, 0.5) is 0 Å². The molecule has 2 aromatic rings. The van der Waals surface area contributed by atoms with Crippen LogP contribution in [0.5, 0.6) is 5.75 Å². The zero-order valence-electron chi connectivity index (χ0n) is 11.9. The summed E-state index contributed by atoms with van der Waals surface area (Å²) < 4.78 is 27.3. The second-order valence-corrected chi connectivity index (χ2v) is 8.95. The summed E-state index contributed by atoms with van der Waals surface area (Å²) in [6.07, 6.45) is 0. The van der Waals surface area contributed by atoms with Gasteiger partial charge in [0.15, 0.2) is 5.75 Å². The van der Waals surface area contributed by atoms with Crippen LogP contribution < -0.4 is 4.72 Å². The molecule has 0 aliphatic carbocycles. The van der Waals surface area contributed by atoms with E-state index < -0.39 is 15.8 Å². The van der Waals surface area contributed by atoms with E-state index in [2.05, 4.69) is 4.72 Å². The van der Waals surface area contributed by atoms with Gasteiger partial charge in [-0.25, -0.2) is 13.1 Å². The average Bonchev–Trinajstić information content (AvgIpc) is 2.95. The van der Waals surface area contributed by atoms with Crippen molar-refractivity contribution in [3.8, 4) is 5.75 Å². The molecular weight excluding hydrogens is 365 g/mol. The first-order valence-electron chi connectivity index (χ1n) is 6.35. The minimum atomic E-state index is -3.92. The Morgan fingerprint density at radius 3 is 2.59 bits per heavy atom. The first kappa shape index (κ1) is 17.6. The topological polar surface area (TPSA) is 66.4 Å². The summed E-state index contributed by atoms with van der Waals surface area (Å²) in [7, 11) is -3.92. The summed E-state index contributed by atoms with van der Waals surface area (Å²) in [6.45, 7) is 4.05. The van der Waals surface area contributed by atoms with E-state index in [1.165, 1.54) is 12.1 Å². The third kappa shape index (κ3) is 3.75. The molecule has 0 spiro atoms. The Morgan fingerprint density at radius 1 is 1.32 bits per heavy atom. The average molecular weight is 380 g/mol. The maximum absolute atomic E-state index is 12.4. The van der Waals surface area contributed by atoms with Crippen LogP contribution >= 0.6 is 34.5 Å². The summed E-state index contributed by atoms with van der Waals surface area (Å²) in [4.78, 5) is 0.732. The number of benzene rings is 1. The molecular formula is C14H15Cl2NO3S2. The molecule has 1 heterocycles. The van der Waals surface area contributed by atoms with E-state index in [0.717, 1.165) is 4.88 Å². The molecule has 0 saturated heterocycles. The van der Waals surface area contributed by atoms with Crippen LogP contribution in [0.3, 0.4) is 0 Å². The summed E-state index contributed by atoms with van der Waals surface area (Å²) >= 11 is 13.1. The summed E-state index contributed by atoms with van der Waals surface area (Å²) in [6, 6.07) is 6.32. The molecule has 0 amide bonds. The predicted molar refractivity (Wildman–Crippen MR) is 90.7 cm³/mol. The normalized spacial score (nSPS) is 12.5. The predicted octanol–water partition coefficient (Wildman–Crippen LogP) is 4.02. The van der Waals surface area contributed by atoms with E-state index in [0.29, 0.717) is 0 Å².